The Bertz CT molecular complexity index is 336. The minimum Gasteiger partial charge on any atom is -0.445 e. The molecule has 1 N–H and O–H groups in total. The second kappa shape index (κ2) is 6.88. The van der Waals surface area contributed by atoms with Crippen molar-refractivity contribution in [2.45, 2.75) is 33.3 Å². The van der Waals surface area contributed by atoms with Crippen molar-refractivity contribution in [1.82, 2.24) is 5.32 Å². The van der Waals surface area contributed by atoms with Crippen LogP contribution in [0.3, 0.4) is 0 Å². The first kappa shape index (κ1) is 12.6. The molecule has 0 heterocycles. The lowest BCUT2D eigenvalue weighted by Crippen LogP contribution is -2.23. The molecule has 0 bridgehead atoms. The Morgan fingerprint density at radius 2 is 2.06 bits per heavy atom. The van der Waals surface area contributed by atoms with Crippen LogP contribution in [-0.2, 0) is 17.8 Å². The van der Waals surface area contributed by atoms with Crippen LogP contribution in [0.15, 0.2) is 24.3 Å². The van der Waals surface area contributed by atoms with Crippen molar-refractivity contribution in [2.75, 3.05) is 6.54 Å². The molecule has 0 spiro atoms. The van der Waals surface area contributed by atoms with Crippen LogP contribution in [0.2, 0.25) is 0 Å². The summed E-state index contributed by atoms with van der Waals surface area (Å²) in [4.78, 5) is 11.1. The molecule has 1 aromatic rings. The molecule has 3 heteroatoms. The summed E-state index contributed by atoms with van der Waals surface area (Å²) in [7, 11) is 0. The molecule has 3 nitrogen and oxygen atoms in total. The third kappa shape index (κ3) is 4.34. The standard InChI is InChI=1S/C13H19NO2/c1-3-6-11-7-5-8-12(9-11)10-16-13(15)14-4-2/h5,7-9H,3-4,6,10H2,1-2H3,(H,14,15). The Balaban J connectivity index is 2.47. The van der Waals surface area contributed by atoms with E-state index >= 15 is 0 Å². The number of rotatable bonds is 5. The zero-order chi connectivity index (χ0) is 11.8. The van der Waals surface area contributed by atoms with Crippen LogP contribution in [0.4, 0.5) is 4.79 Å². The second-order valence-electron chi connectivity index (χ2n) is 3.68. The number of ether oxygens (including phenoxy) is 1. The zero-order valence-electron chi connectivity index (χ0n) is 9.95. The fourth-order valence-corrected chi connectivity index (χ4v) is 1.51. The molecule has 0 aliphatic carbocycles. The van der Waals surface area contributed by atoms with Crippen molar-refractivity contribution in [1.29, 1.82) is 0 Å². The third-order valence-electron chi connectivity index (χ3n) is 2.22. The number of aryl methyl sites for hydroxylation is 1. The molecule has 1 aromatic carbocycles. The maximum atomic E-state index is 11.1. The Morgan fingerprint density at radius 1 is 1.31 bits per heavy atom. The molecule has 0 atom stereocenters. The summed E-state index contributed by atoms with van der Waals surface area (Å²) in [5.74, 6) is 0. The maximum Gasteiger partial charge on any atom is 0.407 e. The van der Waals surface area contributed by atoms with E-state index < -0.39 is 0 Å². The van der Waals surface area contributed by atoms with Crippen molar-refractivity contribution in [2.24, 2.45) is 0 Å². The fraction of sp³-hybridized carbons (Fsp3) is 0.462. The van der Waals surface area contributed by atoms with Gasteiger partial charge < -0.3 is 10.1 Å². The van der Waals surface area contributed by atoms with Crippen LogP contribution in [0.1, 0.15) is 31.4 Å². The first-order chi connectivity index (χ1) is 7.76. The predicted molar refractivity (Wildman–Crippen MR) is 64.3 cm³/mol. The van der Waals surface area contributed by atoms with Gasteiger partial charge in [0.2, 0.25) is 0 Å². The molecular weight excluding hydrogens is 202 g/mol. The molecule has 0 aliphatic rings. The normalized spacial score (nSPS) is 9.88. The Hall–Kier alpha value is -1.51. The predicted octanol–water partition coefficient (Wildman–Crippen LogP) is 2.89. The largest absolute Gasteiger partial charge is 0.445 e. The van der Waals surface area contributed by atoms with Crippen molar-refractivity contribution in [3.8, 4) is 0 Å². The number of hydrogen-bond donors (Lipinski definition) is 1. The molecule has 0 aromatic heterocycles. The lowest BCUT2D eigenvalue weighted by molar-refractivity contribution is 0.140. The van der Waals surface area contributed by atoms with Gasteiger partial charge in [-0.15, -0.1) is 0 Å². The van der Waals surface area contributed by atoms with Gasteiger partial charge in [-0.1, -0.05) is 37.6 Å². The Kier molecular flexibility index (Phi) is 5.40. The van der Waals surface area contributed by atoms with E-state index in [1.807, 2.05) is 19.1 Å². The summed E-state index contributed by atoms with van der Waals surface area (Å²) in [6, 6.07) is 8.15. The SMILES string of the molecule is CCCc1cccc(COC(=O)NCC)c1. The molecule has 0 unspecified atom stereocenters. The minimum absolute atomic E-state index is 0.337. The van der Waals surface area contributed by atoms with Crippen LogP contribution in [0.5, 0.6) is 0 Å². The minimum atomic E-state index is -0.358. The maximum absolute atomic E-state index is 11.1. The molecule has 0 fully saturated rings. The van der Waals surface area contributed by atoms with Crippen LogP contribution in [0, 0.1) is 0 Å². The number of carbonyl (C=O) groups is 1. The van der Waals surface area contributed by atoms with Crippen LogP contribution in [0.25, 0.3) is 0 Å². The van der Waals surface area contributed by atoms with E-state index in [4.69, 9.17) is 4.74 Å². The number of nitrogens with one attached hydrogen (secondary N) is 1. The number of hydrogen-bond acceptors (Lipinski definition) is 2. The molecular formula is C13H19NO2. The van der Waals surface area contributed by atoms with E-state index in [0.717, 1.165) is 18.4 Å². The van der Waals surface area contributed by atoms with Gasteiger partial charge in [0.15, 0.2) is 0 Å². The van der Waals surface area contributed by atoms with E-state index in [1.165, 1.54) is 5.56 Å². The number of amides is 1. The third-order valence-corrected chi connectivity index (χ3v) is 2.22. The quantitative estimate of drug-likeness (QED) is 0.830. The first-order valence-corrected chi connectivity index (χ1v) is 5.74. The van der Waals surface area contributed by atoms with Gasteiger partial charge in [-0.3, -0.25) is 0 Å². The summed E-state index contributed by atoms with van der Waals surface area (Å²) in [5.41, 5.74) is 2.33. The van der Waals surface area contributed by atoms with E-state index in [9.17, 15) is 4.79 Å². The van der Waals surface area contributed by atoms with Crippen molar-refractivity contribution in [3.63, 3.8) is 0 Å². The highest BCUT2D eigenvalue weighted by Gasteiger charge is 2.01. The monoisotopic (exact) mass is 221 g/mol. The molecule has 0 saturated carbocycles. The van der Waals surface area contributed by atoms with Gasteiger partial charge in [-0.05, 0) is 24.5 Å². The van der Waals surface area contributed by atoms with Crippen molar-refractivity contribution < 1.29 is 9.53 Å². The highest BCUT2D eigenvalue weighted by atomic mass is 16.5. The second-order valence-corrected chi connectivity index (χ2v) is 3.68. The average Bonchev–Trinajstić information content (AvgIpc) is 2.28. The van der Waals surface area contributed by atoms with E-state index in [-0.39, 0.29) is 6.09 Å². The van der Waals surface area contributed by atoms with Gasteiger partial charge in [-0.2, -0.15) is 0 Å². The number of alkyl carbamates (subject to hydrolysis) is 1. The van der Waals surface area contributed by atoms with E-state index in [2.05, 4.69) is 24.4 Å². The molecule has 0 radical (unpaired) electrons. The average molecular weight is 221 g/mol. The molecule has 1 amide bonds. The van der Waals surface area contributed by atoms with Crippen molar-refractivity contribution in [3.05, 3.63) is 35.4 Å². The summed E-state index contributed by atoms with van der Waals surface area (Å²) >= 11 is 0. The van der Waals surface area contributed by atoms with E-state index in [1.54, 1.807) is 0 Å². The highest BCUT2D eigenvalue weighted by molar-refractivity contribution is 5.66. The molecule has 1 rings (SSSR count). The summed E-state index contributed by atoms with van der Waals surface area (Å²) < 4.78 is 5.05. The zero-order valence-corrected chi connectivity index (χ0v) is 9.95. The lowest BCUT2D eigenvalue weighted by Gasteiger charge is -2.06. The number of carbonyl (C=O) groups excluding carboxylic acids is 1. The summed E-state index contributed by atoms with van der Waals surface area (Å²) in [6.07, 6.45) is 1.83. The van der Waals surface area contributed by atoms with Gasteiger partial charge in [0.1, 0.15) is 6.61 Å². The van der Waals surface area contributed by atoms with Gasteiger partial charge in [0, 0.05) is 6.54 Å². The lowest BCUT2D eigenvalue weighted by atomic mass is 10.1. The molecule has 16 heavy (non-hydrogen) atoms. The van der Waals surface area contributed by atoms with Crippen molar-refractivity contribution >= 4 is 6.09 Å². The summed E-state index contributed by atoms with van der Waals surface area (Å²) in [6.45, 7) is 4.94. The Morgan fingerprint density at radius 3 is 2.75 bits per heavy atom. The van der Waals surface area contributed by atoms with Crippen LogP contribution < -0.4 is 5.32 Å². The summed E-state index contributed by atoms with van der Waals surface area (Å²) in [5, 5.41) is 2.59. The molecule has 88 valence electrons. The molecule has 0 saturated heterocycles. The highest BCUT2D eigenvalue weighted by Crippen LogP contribution is 2.08. The van der Waals surface area contributed by atoms with Crippen LogP contribution in [-0.4, -0.2) is 12.6 Å². The first-order valence-electron chi connectivity index (χ1n) is 5.74. The van der Waals surface area contributed by atoms with Gasteiger partial charge in [0.05, 0.1) is 0 Å². The van der Waals surface area contributed by atoms with Gasteiger partial charge >= 0.3 is 6.09 Å². The molecule has 0 aliphatic heterocycles. The fourth-order valence-electron chi connectivity index (χ4n) is 1.51. The van der Waals surface area contributed by atoms with Crippen LogP contribution >= 0.6 is 0 Å². The van der Waals surface area contributed by atoms with Gasteiger partial charge in [0.25, 0.3) is 0 Å². The smallest absolute Gasteiger partial charge is 0.407 e. The van der Waals surface area contributed by atoms with Gasteiger partial charge in [-0.25, -0.2) is 4.79 Å². The Labute approximate surface area is 96.8 Å². The topological polar surface area (TPSA) is 38.3 Å². The number of benzene rings is 1. The van der Waals surface area contributed by atoms with E-state index in [0.29, 0.717) is 13.2 Å².